The van der Waals surface area contributed by atoms with Crippen molar-refractivity contribution in [2.24, 2.45) is 5.92 Å². The van der Waals surface area contributed by atoms with Crippen molar-refractivity contribution in [3.05, 3.63) is 71.5 Å². The normalized spacial score (nSPS) is 14.3. The molecule has 118 valence electrons. The zero-order chi connectivity index (χ0) is 16.1. The van der Waals surface area contributed by atoms with Crippen molar-refractivity contribution in [2.45, 2.75) is 32.5 Å². The minimum atomic E-state index is -0.894. The highest BCUT2D eigenvalue weighted by molar-refractivity contribution is 5.20. The third kappa shape index (κ3) is 4.13. The number of halogens is 1. The molecule has 0 amide bonds. The monoisotopic (exact) mass is 303 g/mol. The maximum absolute atomic E-state index is 13.0. The van der Waals surface area contributed by atoms with Crippen molar-refractivity contribution in [3.63, 3.8) is 0 Å². The van der Waals surface area contributed by atoms with Crippen molar-refractivity contribution in [1.29, 1.82) is 0 Å². The molecule has 3 nitrogen and oxygen atoms in total. The van der Waals surface area contributed by atoms with Crippen LogP contribution in [0.15, 0.2) is 54.6 Å². The van der Waals surface area contributed by atoms with Crippen LogP contribution in [0.3, 0.4) is 0 Å². The molecular weight excluding hydrogens is 281 g/mol. The molecule has 0 heterocycles. The molecule has 2 N–H and O–H groups in total. The molecule has 2 atom stereocenters. The maximum Gasteiger partial charge on any atom is 0.123 e. The van der Waals surface area contributed by atoms with E-state index in [2.05, 4.69) is 0 Å². The molecule has 0 aromatic heterocycles. The van der Waals surface area contributed by atoms with Crippen LogP contribution >= 0.6 is 0 Å². The number of aliphatic hydroxyl groups excluding tert-OH is 1. The van der Waals surface area contributed by atoms with Crippen molar-refractivity contribution in [3.8, 4) is 0 Å². The molecule has 2 rings (SSSR count). The summed E-state index contributed by atoms with van der Waals surface area (Å²) in [5.74, 6) is -0.323. The number of nitrogens with zero attached hydrogens (tertiary/aromatic N) is 1. The van der Waals surface area contributed by atoms with Crippen LogP contribution in [0.2, 0.25) is 0 Å². The number of rotatable bonds is 6. The fourth-order valence-electron chi connectivity index (χ4n) is 2.60. The highest BCUT2D eigenvalue weighted by atomic mass is 19.1. The molecule has 1 unspecified atom stereocenters. The van der Waals surface area contributed by atoms with Gasteiger partial charge in [-0.3, -0.25) is 0 Å². The largest absolute Gasteiger partial charge is 0.387 e. The van der Waals surface area contributed by atoms with Gasteiger partial charge in [-0.1, -0.05) is 56.3 Å². The van der Waals surface area contributed by atoms with E-state index in [4.69, 9.17) is 0 Å². The first-order valence-corrected chi connectivity index (χ1v) is 7.42. The summed E-state index contributed by atoms with van der Waals surface area (Å²) >= 11 is 0. The molecule has 0 aliphatic rings. The molecule has 0 aliphatic heterocycles. The number of hydrogen-bond donors (Lipinski definition) is 2. The summed E-state index contributed by atoms with van der Waals surface area (Å²) < 4.78 is 13.0. The summed E-state index contributed by atoms with van der Waals surface area (Å²) in [5.41, 5.74) is 1.55. The Balaban J connectivity index is 2.16. The van der Waals surface area contributed by atoms with E-state index in [1.54, 1.807) is 12.1 Å². The molecular formula is C18H22FNO2. The second-order valence-corrected chi connectivity index (χ2v) is 5.81. The summed E-state index contributed by atoms with van der Waals surface area (Å²) in [7, 11) is 0. The molecule has 0 aliphatic carbocycles. The number of hydroxylamine groups is 2. The van der Waals surface area contributed by atoms with Gasteiger partial charge in [0.1, 0.15) is 5.82 Å². The first-order chi connectivity index (χ1) is 10.5. The van der Waals surface area contributed by atoms with Crippen LogP contribution in [-0.2, 0) is 6.54 Å². The molecule has 2 aromatic rings. The van der Waals surface area contributed by atoms with Crippen molar-refractivity contribution in [1.82, 2.24) is 5.06 Å². The second kappa shape index (κ2) is 7.49. The SMILES string of the molecule is CC(C)C([C@@H](O)c1ccc(F)cc1)N(O)Cc1ccccc1. The second-order valence-electron chi connectivity index (χ2n) is 5.81. The van der Waals surface area contributed by atoms with Crippen LogP contribution < -0.4 is 0 Å². The van der Waals surface area contributed by atoms with Crippen LogP contribution in [0.4, 0.5) is 4.39 Å². The number of hydrogen-bond acceptors (Lipinski definition) is 3. The van der Waals surface area contributed by atoms with Gasteiger partial charge < -0.3 is 10.3 Å². The summed E-state index contributed by atoms with van der Waals surface area (Å²) in [6, 6.07) is 14.8. The average Bonchev–Trinajstić information content (AvgIpc) is 2.48. The lowest BCUT2D eigenvalue weighted by Crippen LogP contribution is -2.40. The lowest BCUT2D eigenvalue weighted by molar-refractivity contribution is -0.176. The summed E-state index contributed by atoms with van der Waals surface area (Å²) in [4.78, 5) is 0. The third-order valence-electron chi connectivity index (χ3n) is 3.75. The van der Waals surface area contributed by atoms with E-state index in [9.17, 15) is 14.7 Å². The lowest BCUT2D eigenvalue weighted by atomic mass is 9.92. The Morgan fingerprint density at radius 3 is 2.14 bits per heavy atom. The van der Waals surface area contributed by atoms with E-state index in [1.165, 1.54) is 12.1 Å². The quantitative estimate of drug-likeness (QED) is 0.798. The summed E-state index contributed by atoms with van der Waals surface area (Å²) in [6.45, 7) is 4.19. The van der Waals surface area contributed by atoms with Gasteiger partial charge >= 0.3 is 0 Å². The van der Waals surface area contributed by atoms with Gasteiger partial charge in [-0.15, -0.1) is 0 Å². The summed E-state index contributed by atoms with van der Waals surface area (Å²) in [5, 5.41) is 22.1. The molecule has 0 bridgehead atoms. The molecule has 0 spiro atoms. The van der Waals surface area contributed by atoms with Gasteiger partial charge in [0.25, 0.3) is 0 Å². The Morgan fingerprint density at radius 2 is 1.59 bits per heavy atom. The fraction of sp³-hybridized carbons (Fsp3) is 0.333. The van der Waals surface area contributed by atoms with Gasteiger partial charge in [-0.05, 0) is 29.2 Å². The van der Waals surface area contributed by atoms with Crippen LogP contribution in [-0.4, -0.2) is 21.4 Å². The van der Waals surface area contributed by atoms with E-state index in [0.29, 0.717) is 12.1 Å². The van der Waals surface area contributed by atoms with Gasteiger partial charge in [0.2, 0.25) is 0 Å². The van der Waals surface area contributed by atoms with Crippen LogP contribution in [0, 0.1) is 11.7 Å². The molecule has 0 saturated carbocycles. The molecule has 0 radical (unpaired) electrons. The van der Waals surface area contributed by atoms with Gasteiger partial charge in [0, 0.05) is 6.54 Å². The topological polar surface area (TPSA) is 43.7 Å². The Morgan fingerprint density at radius 1 is 1.00 bits per heavy atom. The molecule has 0 saturated heterocycles. The Labute approximate surface area is 130 Å². The average molecular weight is 303 g/mol. The van der Waals surface area contributed by atoms with E-state index in [1.807, 2.05) is 44.2 Å². The number of aliphatic hydroxyl groups is 1. The van der Waals surface area contributed by atoms with Crippen LogP contribution in [0.1, 0.15) is 31.1 Å². The molecule has 0 fully saturated rings. The van der Waals surface area contributed by atoms with E-state index >= 15 is 0 Å². The number of benzene rings is 2. The van der Waals surface area contributed by atoms with E-state index < -0.39 is 12.1 Å². The molecule has 4 heteroatoms. The first kappa shape index (κ1) is 16.6. The first-order valence-electron chi connectivity index (χ1n) is 7.42. The van der Waals surface area contributed by atoms with Crippen LogP contribution in [0.5, 0.6) is 0 Å². The van der Waals surface area contributed by atoms with Crippen molar-refractivity contribution in [2.75, 3.05) is 0 Å². The highest BCUT2D eigenvalue weighted by Gasteiger charge is 2.29. The predicted octanol–water partition coefficient (Wildman–Crippen LogP) is 3.78. The zero-order valence-electron chi connectivity index (χ0n) is 12.9. The van der Waals surface area contributed by atoms with Crippen molar-refractivity contribution < 1.29 is 14.7 Å². The Hall–Kier alpha value is -1.75. The fourth-order valence-corrected chi connectivity index (χ4v) is 2.60. The molecule has 22 heavy (non-hydrogen) atoms. The van der Waals surface area contributed by atoms with Gasteiger partial charge in [0.05, 0.1) is 12.1 Å². The predicted molar refractivity (Wildman–Crippen MR) is 83.8 cm³/mol. The standard InChI is InChI=1S/C18H22FNO2/c1-13(2)17(18(21)15-8-10-16(19)11-9-15)20(22)12-14-6-4-3-5-7-14/h3-11,13,17-18,21-22H,12H2,1-2H3/t17?,18-/m0/s1. The maximum atomic E-state index is 13.0. The van der Waals surface area contributed by atoms with Gasteiger partial charge in [-0.25, -0.2) is 4.39 Å². The summed E-state index contributed by atoms with van der Waals surface area (Å²) in [6.07, 6.45) is -0.894. The van der Waals surface area contributed by atoms with E-state index in [-0.39, 0.29) is 11.7 Å². The third-order valence-corrected chi connectivity index (χ3v) is 3.75. The van der Waals surface area contributed by atoms with Gasteiger partial charge in [0.15, 0.2) is 0 Å². The minimum Gasteiger partial charge on any atom is -0.387 e. The van der Waals surface area contributed by atoms with Crippen LogP contribution in [0.25, 0.3) is 0 Å². The smallest absolute Gasteiger partial charge is 0.123 e. The molecule has 2 aromatic carbocycles. The highest BCUT2D eigenvalue weighted by Crippen LogP contribution is 2.27. The minimum absolute atomic E-state index is 0.0220. The lowest BCUT2D eigenvalue weighted by Gasteiger charge is -2.33. The Bertz CT molecular complexity index is 571. The van der Waals surface area contributed by atoms with Crippen molar-refractivity contribution >= 4 is 0 Å². The Kier molecular flexibility index (Phi) is 5.66. The van der Waals surface area contributed by atoms with Gasteiger partial charge in [-0.2, -0.15) is 5.06 Å². The van der Waals surface area contributed by atoms with E-state index in [0.717, 1.165) is 10.6 Å². The zero-order valence-corrected chi connectivity index (χ0v) is 12.9.